The third kappa shape index (κ3) is 3.71. The molecule has 0 bridgehead atoms. The number of nitrogens with one attached hydrogen (secondary N) is 1. The average Bonchev–Trinajstić information content (AvgIpc) is 2.43. The molecule has 0 fully saturated rings. The van der Waals surface area contributed by atoms with Crippen molar-refractivity contribution in [3.05, 3.63) is 59.9 Å². The summed E-state index contributed by atoms with van der Waals surface area (Å²) in [6.07, 6.45) is 1.83. The molecule has 2 aromatic rings. The van der Waals surface area contributed by atoms with Gasteiger partial charge in [-0.3, -0.25) is 0 Å². The molecule has 0 aliphatic rings. The first-order valence-corrected chi connectivity index (χ1v) is 6.48. The Morgan fingerprint density at radius 2 is 1.89 bits per heavy atom. The topological polar surface area (TPSA) is 32.3 Å². The summed E-state index contributed by atoms with van der Waals surface area (Å²) >= 11 is 0. The van der Waals surface area contributed by atoms with Crippen LogP contribution in [0.15, 0.2) is 48.5 Å². The highest BCUT2D eigenvalue weighted by molar-refractivity contribution is 5.47. The van der Waals surface area contributed by atoms with Crippen LogP contribution in [0.3, 0.4) is 0 Å². The van der Waals surface area contributed by atoms with Gasteiger partial charge in [0.1, 0.15) is 0 Å². The highest BCUT2D eigenvalue weighted by Gasteiger charge is 2.09. The molecule has 0 amide bonds. The second-order valence-corrected chi connectivity index (χ2v) is 4.61. The van der Waals surface area contributed by atoms with Crippen LogP contribution in [0.25, 0.3) is 0 Å². The van der Waals surface area contributed by atoms with E-state index in [1.54, 1.807) is 6.07 Å². The minimum atomic E-state index is -0.598. The molecule has 1 unspecified atom stereocenters. The predicted octanol–water partition coefficient (Wildman–Crippen LogP) is 3.96. The molecule has 2 rings (SSSR count). The van der Waals surface area contributed by atoms with E-state index in [4.69, 9.17) is 5.11 Å². The van der Waals surface area contributed by atoms with Gasteiger partial charge in [-0.15, -0.1) is 0 Å². The zero-order valence-corrected chi connectivity index (χ0v) is 10.9. The Morgan fingerprint density at radius 1 is 1.16 bits per heavy atom. The van der Waals surface area contributed by atoms with Gasteiger partial charge < -0.3 is 10.4 Å². The van der Waals surface area contributed by atoms with E-state index in [-0.39, 0.29) is 11.8 Å². The molecule has 0 aliphatic carbocycles. The van der Waals surface area contributed by atoms with Crippen molar-refractivity contribution in [2.45, 2.75) is 25.8 Å². The Balaban J connectivity index is 2.04. The summed E-state index contributed by atoms with van der Waals surface area (Å²) in [6.45, 7) is 2.09. The van der Waals surface area contributed by atoms with E-state index in [0.717, 1.165) is 12.8 Å². The van der Waals surface area contributed by atoms with Crippen molar-refractivity contribution in [2.75, 3.05) is 5.32 Å². The Bertz CT molecular complexity index is 528. The van der Waals surface area contributed by atoms with Gasteiger partial charge in [0.2, 0.25) is 0 Å². The van der Waals surface area contributed by atoms with Gasteiger partial charge in [0.15, 0.2) is 11.6 Å². The van der Waals surface area contributed by atoms with Gasteiger partial charge in [0, 0.05) is 17.8 Å². The number of rotatable bonds is 5. The van der Waals surface area contributed by atoms with Crippen LogP contribution in [-0.2, 0) is 6.42 Å². The number of phenolic OH excluding ortho intramolecular Hbond substituents is 1. The third-order valence-electron chi connectivity index (χ3n) is 3.14. The Labute approximate surface area is 112 Å². The number of aromatic hydroxyl groups is 1. The normalized spacial score (nSPS) is 12.1. The molecule has 2 aromatic carbocycles. The third-order valence-corrected chi connectivity index (χ3v) is 3.14. The molecule has 0 aliphatic heterocycles. The summed E-state index contributed by atoms with van der Waals surface area (Å²) in [4.78, 5) is 0. The number of phenols is 1. The molecule has 2 nitrogen and oxygen atoms in total. The lowest BCUT2D eigenvalue weighted by Gasteiger charge is -2.18. The van der Waals surface area contributed by atoms with Crippen LogP contribution in [-0.4, -0.2) is 11.1 Å². The molecular weight excluding hydrogens is 241 g/mol. The fourth-order valence-electron chi connectivity index (χ4n) is 2.03. The lowest BCUT2D eigenvalue weighted by atomic mass is 10.0. The van der Waals surface area contributed by atoms with Gasteiger partial charge in [-0.1, -0.05) is 37.3 Å². The quantitative estimate of drug-likeness (QED) is 0.796. The van der Waals surface area contributed by atoms with Crippen LogP contribution < -0.4 is 5.32 Å². The van der Waals surface area contributed by atoms with Crippen LogP contribution in [0.1, 0.15) is 18.9 Å². The summed E-state index contributed by atoms with van der Waals surface area (Å²) in [7, 11) is 0. The van der Waals surface area contributed by atoms with Crippen molar-refractivity contribution in [2.24, 2.45) is 0 Å². The van der Waals surface area contributed by atoms with E-state index >= 15 is 0 Å². The first-order valence-electron chi connectivity index (χ1n) is 6.48. The number of benzene rings is 2. The van der Waals surface area contributed by atoms with Crippen LogP contribution in [0.4, 0.5) is 10.1 Å². The highest BCUT2D eigenvalue weighted by atomic mass is 19.1. The zero-order valence-electron chi connectivity index (χ0n) is 10.9. The fraction of sp³-hybridized carbons (Fsp3) is 0.250. The van der Waals surface area contributed by atoms with E-state index in [1.807, 2.05) is 18.2 Å². The standard InChI is InChI=1S/C16H18FNO/c1-2-13(10-12-6-4-3-5-7-12)18-14-8-9-16(19)15(17)11-14/h3-9,11,13,18-19H,2,10H2,1H3. The minimum Gasteiger partial charge on any atom is -0.505 e. The average molecular weight is 259 g/mol. The van der Waals surface area contributed by atoms with Crippen molar-refractivity contribution in [3.63, 3.8) is 0 Å². The molecule has 2 N–H and O–H groups in total. The fourth-order valence-corrected chi connectivity index (χ4v) is 2.03. The summed E-state index contributed by atoms with van der Waals surface area (Å²) in [6, 6.07) is 14.8. The number of halogens is 1. The number of hydrogen-bond acceptors (Lipinski definition) is 2. The first-order chi connectivity index (χ1) is 9.19. The van der Waals surface area contributed by atoms with Crippen molar-refractivity contribution < 1.29 is 9.50 Å². The molecule has 0 saturated carbocycles. The Morgan fingerprint density at radius 3 is 2.53 bits per heavy atom. The van der Waals surface area contributed by atoms with Crippen LogP contribution in [0, 0.1) is 5.82 Å². The molecule has 19 heavy (non-hydrogen) atoms. The van der Waals surface area contributed by atoms with Gasteiger partial charge in [0.05, 0.1) is 0 Å². The smallest absolute Gasteiger partial charge is 0.166 e. The van der Waals surface area contributed by atoms with Crippen LogP contribution >= 0.6 is 0 Å². The van der Waals surface area contributed by atoms with Crippen molar-refractivity contribution in [1.29, 1.82) is 0 Å². The lowest BCUT2D eigenvalue weighted by Crippen LogP contribution is -2.21. The van der Waals surface area contributed by atoms with Gasteiger partial charge >= 0.3 is 0 Å². The Kier molecular flexibility index (Phi) is 4.39. The molecule has 3 heteroatoms. The maximum Gasteiger partial charge on any atom is 0.166 e. The summed E-state index contributed by atoms with van der Waals surface area (Å²) in [5.41, 5.74) is 1.94. The van der Waals surface area contributed by atoms with Gasteiger partial charge in [-0.2, -0.15) is 0 Å². The summed E-state index contributed by atoms with van der Waals surface area (Å²) in [5.74, 6) is -0.916. The lowest BCUT2D eigenvalue weighted by molar-refractivity contribution is 0.432. The summed E-state index contributed by atoms with van der Waals surface area (Å²) in [5, 5.41) is 12.5. The largest absolute Gasteiger partial charge is 0.505 e. The SMILES string of the molecule is CCC(Cc1ccccc1)Nc1ccc(O)c(F)c1. The summed E-state index contributed by atoms with van der Waals surface area (Å²) < 4.78 is 13.3. The van der Waals surface area contributed by atoms with Crippen LogP contribution in [0.5, 0.6) is 5.75 Å². The maximum atomic E-state index is 13.3. The maximum absolute atomic E-state index is 13.3. The van der Waals surface area contributed by atoms with Crippen molar-refractivity contribution >= 4 is 5.69 Å². The van der Waals surface area contributed by atoms with Crippen molar-refractivity contribution in [1.82, 2.24) is 0 Å². The van der Waals surface area contributed by atoms with E-state index in [1.165, 1.54) is 17.7 Å². The monoisotopic (exact) mass is 259 g/mol. The molecular formula is C16H18FNO. The minimum absolute atomic E-state index is 0.242. The molecule has 0 radical (unpaired) electrons. The van der Waals surface area contributed by atoms with Crippen molar-refractivity contribution in [3.8, 4) is 5.75 Å². The molecule has 1 atom stereocenters. The zero-order chi connectivity index (χ0) is 13.7. The second kappa shape index (κ2) is 6.23. The van der Waals surface area contributed by atoms with E-state index in [9.17, 15) is 4.39 Å². The van der Waals surface area contributed by atoms with Gasteiger partial charge in [-0.25, -0.2) is 4.39 Å². The molecule has 0 heterocycles. The van der Waals surface area contributed by atoms with E-state index in [2.05, 4.69) is 24.4 Å². The molecule has 100 valence electrons. The molecule has 0 saturated heterocycles. The predicted molar refractivity (Wildman–Crippen MR) is 75.9 cm³/mol. The second-order valence-electron chi connectivity index (χ2n) is 4.61. The number of anilines is 1. The van der Waals surface area contributed by atoms with Gasteiger partial charge in [0.25, 0.3) is 0 Å². The molecule has 0 spiro atoms. The van der Waals surface area contributed by atoms with Crippen LogP contribution in [0.2, 0.25) is 0 Å². The highest BCUT2D eigenvalue weighted by Crippen LogP contribution is 2.21. The number of hydrogen-bond donors (Lipinski definition) is 2. The van der Waals surface area contributed by atoms with Gasteiger partial charge in [-0.05, 0) is 30.5 Å². The molecule has 0 aromatic heterocycles. The van der Waals surface area contributed by atoms with E-state index < -0.39 is 5.82 Å². The first kappa shape index (κ1) is 13.4. The Hall–Kier alpha value is -2.03. The van der Waals surface area contributed by atoms with E-state index in [0.29, 0.717) is 5.69 Å².